The molecule has 5 rings (SSSR count). The average Bonchev–Trinajstić information content (AvgIpc) is 3.53. The zero-order valence-electron chi connectivity index (χ0n) is 22.9. The highest BCUT2D eigenvalue weighted by Crippen LogP contribution is 2.47. The Morgan fingerprint density at radius 3 is 2.71 bits per heavy atom. The third-order valence-electron chi connectivity index (χ3n) is 7.40. The Morgan fingerprint density at radius 2 is 2.00 bits per heavy atom. The van der Waals surface area contributed by atoms with Crippen LogP contribution in [0.15, 0.2) is 48.8 Å². The number of aliphatic hydroxyl groups excluding tert-OH is 2. The number of carbonyl (C=O) groups excluding carboxylic acids is 1. The summed E-state index contributed by atoms with van der Waals surface area (Å²) in [5.74, 6) is -0.282. The molecular weight excluding hydrogens is 567 g/mol. The Labute approximate surface area is 241 Å². The number of carbonyl (C=O) groups is 1. The van der Waals surface area contributed by atoms with Gasteiger partial charge in [-0.15, -0.1) is 0 Å². The smallest absolute Gasteiger partial charge is 0.459 e. The maximum atomic E-state index is 13.9. The molecule has 0 bridgehead atoms. The minimum atomic E-state index is -4.31. The summed E-state index contributed by atoms with van der Waals surface area (Å²) < 4.78 is 38.1. The van der Waals surface area contributed by atoms with Crippen LogP contribution in [0, 0.1) is 11.3 Å². The molecular formula is C27H33N6O8P. The molecule has 14 nitrogen and oxygen atoms in total. The van der Waals surface area contributed by atoms with E-state index < -0.39 is 50.3 Å². The normalized spacial score (nSPS) is 26.8. The van der Waals surface area contributed by atoms with Crippen LogP contribution in [0.3, 0.4) is 0 Å². The second-order valence-corrected chi connectivity index (χ2v) is 12.0. The van der Waals surface area contributed by atoms with Crippen LogP contribution in [-0.4, -0.2) is 67.8 Å². The molecule has 2 aliphatic rings. The number of nitrogens with zero attached hydrogens (tertiary/aromatic N) is 4. The molecule has 6 atom stereocenters. The summed E-state index contributed by atoms with van der Waals surface area (Å²) in [4.78, 5) is 16.7. The fourth-order valence-electron chi connectivity index (χ4n) is 5.17. The Hall–Kier alpha value is -3.57. The SMILES string of the molecule is C[C@H](NP(=O)(OC[C@H]1OC(C#N)(c2ccc3c(N)ncnn23)[C@H](O)[C@@H]1O)Oc1ccccc1)C(=O)OC1CCCCC1. The van der Waals surface area contributed by atoms with Crippen LogP contribution in [0.5, 0.6) is 5.75 Å². The largest absolute Gasteiger partial charge is 0.461 e. The summed E-state index contributed by atoms with van der Waals surface area (Å²) in [6.07, 6.45) is 0.835. The number of nitriles is 1. The number of para-hydroxylation sites is 1. The molecule has 0 amide bonds. The summed E-state index contributed by atoms with van der Waals surface area (Å²) in [6.45, 7) is 0.899. The van der Waals surface area contributed by atoms with Gasteiger partial charge in [0.15, 0.2) is 5.82 Å². The molecule has 224 valence electrons. The van der Waals surface area contributed by atoms with Crippen molar-refractivity contribution in [3.05, 3.63) is 54.5 Å². The second kappa shape index (κ2) is 12.3. The molecule has 3 aromatic rings. The van der Waals surface area contributed by atoms with Crippen LogP contribution in [0.1, 0.15) is 44.7 Å². The monoisotopic (exact) mass is 600 g/mol. The maximum Gasteiger partial charge on any atom is 0.459 e. The van der Waals surface area contributed by atoms with E-state index in [-0.39, 0.29) is 23.4 Å². The van der Waals surface area contributed by atoms with Gasteiger partial charge in [0.05, 0.1) is 12.3 Å². The van der Waals surface area contributed by atoms with Gasteiger partial charge in [0.1, 0.15) is 54.1 Å². The van der Waals surface area contributed by atoms with E-state index in [0.29, 0.717) is 5.52 Å². The molecule has 2 unspecified atom stereocenters. The van der Waals surface area contributed by atoms with Gasteiger partial charge < -0.3 is 29.9 Å². The lowest BCUT2D eigenvalue weighted by atomic mass is 9.92. The number of ether oxygens (including phenoxy) is 2. The molecule has 1 saturated heterocycles. The zero-order valence-corrected chi connectivity index (χ0v) is 23.8. The number of nitrogen functional groups attached to an aromatic ring is 1. The van der Waals surface area contributed by atoms with Gasteiger partial charge >= 0.3 is 13.7 Å². The molecule has 1 aromatic carbocycles. The molecule has 15 heteroatoms. The summed E-state index contributed by atoms with van der Waals surface area (Å²) in [5, 5.41) is 38.7. The number of fused-ring (bicyclic) bond motifs is 1. The standard InChI is InChI=1S/C27H33N6O8P/c1-17(26(36)39-18-8-4-2-5-9-18)32-42(37,41-19-10-6-3-7-11-19)38-14-21-23(34)24(35)27(15-28,40-21)22-13-12-20-25(29)30-16-31-33(20)22/h3,6-7,10-13,16-18,21,23-24,34-35H,2,4-5,8-9,14H2,1H3,(H,32,37)(H2,29,30,31)/t17-,21+,23+,24+,27?,42?/m0/s1. The second-order valence-electron chi connectivity index (χ2n) is 10.3. The van der Waals surface area contributed by atoms with Gasteiger partial charge in [0.2, 0.25) is 5.60 Å². The van der Waals surface area contributed by atoms with Gasteiger partial charge in [-0.1, -0.05) is 24.6 Å². The summed E-state index contributed by atoms with van der Waals surface area (Å²) >= 11 is 0. The van der Waals surface area contributed by atoms with Gasteiger partial charge in [-0.05, 0) is 56.9 Å². The summed E-state index contributed by atoms with van der Waals surface area (Å²) in [5.41, 5.74) is 4.30. The van der Waals surface area contributed by atoms with Crippen molar-refractivity contribution in [2.75, 3.05) is 12.3 Å². The fourth-order valence-corrected chi connectivity index (χ4v) is 6.67. The van der Waals surface area contributed by atoms with E-state index in [1.807, 2.05) is 6.07 Å². The van der Waals surface area contributed by atoms with Gasteiger partial charge in [-0.2, -0.15) is 15.4 Å². The number of nitrogens with one attached hydrogen (secondary N) is 1. The first-order chi connectivity index (χ1) is 20.2. The number of rotatable bonds is 10. The molecule has 1 aliphatic heterocycles. The third-order valence-corrected chi connectivity index (χ3v) is 9.05. The van der Waals surface area contributed by atoms with E-state index in [2.05, 4.69) is 15.2 Å². The van der Waals surface area contributed by atoms with Crippen molar-refractivity contribution >= 4 is 25.1 Å². The average molecular weight is 601 g/mol. The molecule has 2 aromatic heterocycles. The van der Waals surface area contributed by atoms with E-state index >= 15 is 0 Å². The van der Waals surface area contributed by atoms with Crippen molar-refractivity contribution in [3.8, 4) is 11.8 Å². The Balaban J connectivity index is 1.34. The van der Waals surface area contributed by atoms with Crippen molar-refractivity contribution in [3.63, 3.8) is 0 Å². The summed E-state index contributed by atoms with van der Waals surface area (Å²) in [7, 11) is -4.31. The summed E-state index contributed by atoms with van der Waals surface area (Å²) in [6, 6.07) is 12.1. The minimum Gasteiger partial charge on any atom is -0.461 e. The van der Waals surface area contributed by atoms with Crippen LogP contribution in [0.25, 0.3) is 5.52 Å². The number of esters is 1. The predicted octanol–water partition coefficient (Wildman–Crippen LogP) is 2.21. The molecule has 42 heavy (non-hydrogen) atoms. The van der Waals surface area contributed by atoms with Crippen LogP contribution < -0.4 is 15.3 Å². The Morgan fingerprint density at radius 1 is 1.26 bits per heavy atom. The first-order valence-electron chi connectivity index (χ1n) is 13.7. The van der Waals surface area contributed by atoms with Crippen molar-refractivity contribution in [1.82, 2.24) is 19.7 Å². The van der Waals surface area contributed by atoms with E-state index in [9.17, 15) is 24.8 Å². The highest BCUT2D eigenvalue weighted by molar-refractivity contribution is 7.52. The first kappa shape index (κ1) is 29.9. The van der Waals surface area contributed by atoms with Crippen LogP contribution in [0.4, 0.5) is 5.82 Å². The van der Waals surface area contributed by atoms with Crippen molar-refractivity contribution in [2.24, 2.45) is 0 Å². The van der Waals surface area contributed by atoms with E-state index in [0.717, 1.165) is 32.1 Å². The van der Waals surface area contributed by atoms with Crippen LogP contribution in [-0.2, 0) is 29.0 Å². The van der Waals surface area contributed by atoms with Crippen molar-refractivity contribution in [1.29, 1.82) is 5.26 Å². The van der Waals surface area contributed by atoms with E-state index in [1.54, 1.807) is 36.4 Å². The predicted molar refractivity (Wildman–Crippen MR) is 148 cm³/mol. The van der Waals surface area contributed by atoms with Crippen LogP contribution >= 0.6 is 7.75 Å². The Kier molecular flexibility index (Phi) is 8.79. The third kappa shape index (κ3) is 5.98. The molecule has 1 aliphatic carbocycles. The van der Waals surface area contributed by atoms with Crippen molar-refractivity contribution in [2.45, 2.75) is 75.1 Å². The highest BCUT2D eigenvalue weighted by Gasteiger charge is 2.58. The number of nitrogens with two attached hydrogens (primary N) is 1. The lowest BCUT2D eigenvalue weighted by molar-refractivity contribution is -0.152. The fraction of sp³-hybridized carbons (Fsp3) is 0.481. The number of benzene rings is 1. The van der Waals surface area contributed by atoms with E-state index in [1.165, 1.54) is 23.8 Å². The van der Waals surface area contributed by atoms with Crippen molar-refractivity contribution < 1.29 is 38.1 Å². The van der Waals surface area contributed by atoms with Crippen LogP contribution in [0.2, 0.25) is 0 Å². The number of aromatic nitrogens is 3. The maximum absolute atomic E-state index is 13.9. The number of anilines is 1. The van der Waals surface area contributed by atoms with Gasteiger partial charge in [-0.3, -0.25) is 9.32 Å². The van der Waals surface area contributed by atoms with Gasteiger partial charge in [0, 0.05) is 0 Å². The molecule has 2 fully saturated rings. The van der Waals surface area contributed by atoms with E-state index in [4.69, 9.17) is 24.3 Å². The number of aliphatic hydroxyl groups is 2. The minimum absolute atomic E-state index is 0.101. The quantitative estimate of drug-likeness (QED) is 0.195. The highest BCUT2D eigenvalue weighted by atomic mass is 31.2. The van der Waals surface area contributed by atoms with Gasteiger partial charge in [-0.25, -0.2) is 14.1 Å². The topological polar surface area (TPSA) is 204 Å². The molecule has 1 saturated carbocycles. The molecule has 0 spiro atoms. The first-order valence-corrected chi connectivity index (χ1v) is 15.2. The molecule has 0 radical (unpaired) electrons. The number of hydrogen-bond acceptors (Lipinski definition) is 12. The zero-order chi connectivity index (χ0) is 29.9. The lowest BCUT2D eigenvalue weighted by Crippen LogP contribution is -2.41. The Bertz CT molecular complexity index is 1490. The lowest BCUT2D eigenvalue weighted by Gasteiger charge is -2.27. The van der Waals surface area contributed by atoms with Gasteiger partial charge in [0.25, 0.3) is 0 Å². The number of hydrogen-bond donors (Lipinski definition) is 4. The molecule has 5 N–H and O–H groups in total. The molecule has 3 heterocycles.